The van der Waals surface area contributed by atoms with E-state index in [0.29, 0.717) is 24.5 Å². The number of rotatable bonds is 4. The van der Waals surface area contributed by atoms with Crippen molar-refractivity contribution in [3.8, 4) is 0 Å². The Balaban J connectivity index is 1.38. The molecule has 4 rings (SSSR count). The van der Waals surface area contributed by atoms with Crippen LogP contribution in [0.15, 0.2) is 36.5 Å². The first-order chi connectivity index (χ1) is 13.2. The second-order valence-corrected chi connectivity index (χ2v) is 8.08. The average Bonchev–Trinajstić information content (AvgIpc) is 2.72. The van der Waals surface area contributed by atoms with E-state index < -0.39 is 0 Å². The van der Waals surface area contributed by atoms with Gasteiger partial charge in [-0.15, -0.1) is 0 Å². The number of hydrogen-bond donors (Lipinski definition) is 0. The topological polar surface area (TPSA) is 50.3 Å². The zero-order chi connectivity index (χ0) is 18.6. The summed E-state index contributed by atoms with van der Waals surface area (Å²) in [6, 6.07) is 10.5. The highest BCUT2D eigenvalue weighted by atomic mass is 16.2. The van der Waals surface area contributed by atoms with Crippen molar-refractivity contribution in [3.63, 3.8) is 0 Å². The van der Waals surface area contributed by atoms with Gasteiger partial charge in [0.25, 0.3) is 0 Å². The lowest BCUT2D eigenvalue weighted by molar-refractivity contribution is -0.133. The Kier molecular flexibility index (Phi) is 5.51. The Labute approximate surface area is 161 Å². The van der Waals surface area contributed by atoms with Gasteiger partial charge in [0.05, 0.1) is 0 Å². The van der Waals surface area contributed by atoms with E-state index in [1.165, 1.54) is 5.39 Å². The van der Waals surface area contributed by atoms with Crippen molar-refractivity contribution in [2.75, 3.05) is 13.1 Å². The van der Waals surface area contributed by atoms with Crippen LogP contribution in [0.5, 0.6) is 0 Å². The molecule has 0 N–H and O–H groups in total. The zero-order valence-electron chi connectivity index (χ0n) is 15.9. The molecule has 0 bridgehead atoms. The molecule has 2 atom stereocenters. The third-order valence-electron chi connectivity index (χ3n) is 6.23. The molecule has 1 saturated heterocycles. The Morgan fingerprint density at radius 3 is 2.81 bits per heavy atom. The van der Waals surface area contributed by atoms with Gasteiger partial charge in [-0.3, -0.25) is 14.6 Å². The molecule has 1 amide bonds. The SMILES string of the molecule is O=C1CCCCC1CCC(=O)N1CCCC(c2cc3ccccc3cn2)C1. The highest BCUT2D eigenvalue weighted by molar-refractivity contribution is 5.83. The lowest BCUT2D eigenvalue weighted by atomic mass is 9.84. The molecule has 2 aliphatic rings. The van der Waals surface area contributed by atoms with E-state index >= 15 is 0 Å². The van der Waals surface area contributed by atoms with Crippen LogP contribution in [-0.4, -0.2) is 34.7 Å². The number of carbonyl (C=O) groups is 2. The summed E-state index contributed by atoms with van der Waals surface area (Å²) < 4.78 is 0. The van der Waals surface area contributed by atoms with Gasteiger partial charge in [0.15, 0.2) is 0 Å². The maximum Gasteiger partial charge on any atom is 0.222 e. The van der Waals surface area contributed by atoms with E-state index in [0.717, 1.165) is 62.7 Å². The van der Waals surface area contributed by atoms with E-state index in [1.807, 2.05) is 17.2 Å². The van der Waals surface area contributed by atoms with Crippen LogP contribution < -0.4 is 0 Å². The number of benzene rings is 1. The number of pyridine rings is 1. The number of ketones is 1. The lowest BCUT2D eigenvalue weighted by Crippen LogP contribution is -2.39. The first-order valence-electron chi connectivity index (χ1n) is 10.4. The molecule has 142 valence electrons. The van der Waals surface area contributed by atoms with Crippen LogP contribution >= 0.6 is 0 Å². The number of fused-ring (bicyclic) bond motifs is 1. The molecule has 1 aliphatic carbocycles. The van der Waals surface area contributed by atoms with Gasteiger partial charge in [-0.05, 0) is 43.6 Å². The number of piperidine rings is 1. The molecule has 4 heteroatoms. The fourth-order valence-corrected chi connectivity index (χ4v) is 4.59. The number of amides is 1. The highest BCUT2D eigenvalue weighted by Gasteiger charge is 2.27. The van der Waals surface area contributed by atoms with Crippen LogP contribution in [0.4, 0.5) is 0 Å². The van der Waals surface area contributed by atoms with Gasteiger partial charge in [0.2, 0.25) is 5.91 Å². The summed E-state index contributed by atoms with van der Waals surface area (Å²) in [6.07, 6.45) is 9.11. The minimum Gasteiger partial charge on any atom is -0.342 e. The van der Waals surface area contributed by atoms with Crippen molar-refractivity contribution < 1.29 is 9.59 Å². The van der Waals surface area contributed by atoms with Crippen LogP contribution in [-0.2, 0) is 9.59 Å². The first-order valence-corrected chi connectivity index (χ1v) is 10.4. The second-order valence-electron chi connectivity index (χ2n) is 8.08. The minimum absolute atomic E-state index is 0.116. The molecule has 1 aliphatic heterocycles. The molecule has 1 aromatic carbocycles. The van der Waals surface area contributed by atoms with Crippen molar-refractivity contribution in [3.05, 3.63) is 42.2 Å². The van der Waals surface area contributed by atoms with Crippen LogP contribution in [0, 0.1) is 5.92 Å². The molecule has 1 aromatic heterocycles. The fourth-order valence-electron chi connectivity index (χ4n) is 4.59. The Morgan fingerprint density at radius 2 is 1.96 bits per heavy atom. The van der Waals surface area contributed by atoms with E-state index in [-0.39, 0.29) is 11.8 Å². The maximum atomic E-state index is 12.7. The Morgan fingerprint density at radius 1 is 1.11 bits per heavy atom. The molecule has 27 heavy (non-hydrogen) atoms. The smallest absolute Gasteiger partial charge is 0.222 e. The molecule has 1 saturated carbocycles. The monoisotopic (exact) mass is 364 g/mol. The van der Waals surface area contributed by atoms with Gasteiger partial charge in [0, 0.05) is 55.0 Å². The van der Waals surface area contributed by atoms with Crippen molar-refractivity contribution >= 4 is 22.5 Å². The standard InChI is InChI=1S/C23H28N2O2/c26-22-10-4-3-6-17(22)11-12-23(27)25-13-5-9-20(16-25)21-14-18-7-1-2-8-19(18)15-24-21/h1-2,7-8,14-15,17,20H,3-6,9-13,16H2. The van der Waals surface area contributed by atoms with Crippen molar-refractivity contribution in [2.45, 2.75) is 57.3 Å². The number of Topliss-reactive ketones (excluding diaryl/α,β-unsaturated/α-hetero) is 1. The minimum atomic E-state index is 0.116. The molecule has 4 nitrogen and oxygen atoms in total. The first kappa shape index (κ1) is 18.1. The average molecular weight is 364 g/mol. The van der Waals surface area contributed by atoms with Gasteiger partial charge < -0.3 is 4.90 Å². The molecular formula is C23H28N2O2. The van der Waals surface area contributed by atoms with E-state index in [2.05, 4.69) is 29.2 Å². The number of hydrogen-bond acceptors (Lipinski definition) is 3. The molecule has 2 unspecified atom stereocenters. The molecule has 0 spiro atoms. The Bertz CT molecular complexity index is 832. The summed E-state index contributed by atoms with van der Waals surface area (Å²) in [7, 11) is 0. The summed E-state index contributed by atoms with van der Waals surface area (Å²) in [5, 5.41) is 2.36. The predicted octanol–water partition coefficient (Wildman–Crippen LogP) is 4.48. The summed E-state index contributed by atoms with van der Waals surface area (Å²) in [4.78, 5) is 31.4. The maximum absolute atomic E-state index is 12.7. The number of likely N-dealkylation sites (tertiary alicyclic amines) is 1. The fraction of sp³-hybridized carbons (Fsp3) is 0.522. The molecule has 0 radical (unpaired) electrons. The third kappa shape index (κ3) is 4.20. The van der Waals surface area contributed by atoms with Gasteiger partial charge >= 0.3 is 0 Å². The van der Waals surface area contributed by atoms with Gasteiger partial charge in [0.1, 0.15) is 5.78 Å². The van der Waals surface area contributed by atoms with Gasteiger partial charge in [-0.1, -0.05) is 30.7 Å². The van der Waals surface area contributed by atoms with E-state index in [4.69, 9.17) is 0 Å². The lowest BCUT2D eigenvalue weighted by Gasteiger charge is -2.33. The third-order valence-corrected chi connectivity index (χ3v) is 6.23. The van der Waals surface area contributed by atoms with Crippen LogP contribution in [0.1, 0.15) is 63.0 Å². The Hall–Kier alpha value is -2.23. The summed E-state index contributed by atoms with van der Waals surface area (Å²) in [5.41, 5.74) is 1.09. The zero-order valence-corrected chi connectivity index (χ0v) is 15.9. The largest absolute Gasteiger partial charge is 0.342 e. The van der Waals surface area contributed by atoms with Crippen molar-refractivity contribution in [1.82, 2.24) is 9.88 Å². The van der Waals surface area contributed by atoms with Crippen molar-refractivity contribution in [1.29, 1.82) is 0 Å². The van der Waals surface area contributed by atoms with E-state index in [1.54, 1.807) is 0 Å². The molecule has 2 aromatic rings. The second kappa shape index (κ2) is 8.20. The van der Waals surface area contributed by atoms with E-state index in [9.17, 15) is 9.59 Å². The molecule has 2 heterocycles. The van der Waals surface area contributed by atoms with Gasteiger partial charge in [-0.25, -0.2) is 0 Å². The molecule has 2 fully saturated rings. The normalized spacial score (nSPS) is 23.6. The van der Waals surface area contributed by atoms with Crippen LogP contribution in [0.3, 0.4) is 0 Å². The number of carbonyl (C=O) groups excluding carboxylic acids is 2. The molecular weight excluding hydrogens is 336 g/mol. The summed E-state index contributed by atoms with van der Waals surface area (Å²) in [5.74, 6) is 0.999. The quantitative estimate of drug-likeness (QED) is 0.804. The van der Waals surface area contributed by atoms with Crippen LogP contribution in [0.25, 0.3) is 10.8 Å². The summed E-state index contributed by atoms with van der Waals surface area (Å²) >= 11 is 0. The van der Waals surface area contributed by atoms with Gasteiger partial charge in [-0.2, -0.15) is 0 Å². The highest BCUT2D eigenvalue weighted by Crippen LogP contribution is 2.29. The number of aromatic nitrogens is 1. The number of nitrogens with zero attached hydrogens (tertiary/aromatic N) is 2. The van der Waals surface area contributed by atoms with Crippen molar-refractivity contribution in [2.24, 2.45) is 5.92 Å². The summed E-state index contributed by atoms with van der Waals surface area (Å²) in [6.45, 7) is 1.59. The predicted molar refractivity (Wildman–Crippen MR) is 106 cm³/mol. The van der Waals surface area contributed by atoms with Crippen LogP contribution in [0.2, 0.25) is 0 Å².